The molecule has 0 spiro atoms. The van der Waals surface area contributed by atoms with E-state index in [9.17, 15) is 36.6 Å². The highest BCUT2D eigenvalue weighted by Crippen LogP contribution is 2.38. The SMILES string of the molecule is COC(=O)[C@@H]1CC(F)(F)CN1C(=O)[C@@](C)(O)C(F)(F)F. The highest BCUT2D eigenvalue weighted by molar-refractivity contribution is 5.90. The maximum atomic E-state index is 13.2. The number of alkyl halides is 5. The lowest BCUT2D eigenvalue weighted by atomic mass is 10.0. The van der Waals surface area contributed by atoms with Gasteiger partial charge in [0, 0.05) is 6.42 Å². The zero-order valence-corrected chi connectivity index (χ0v) is 10.5. The molecule has 116 valence electrons. The molecular weight excluding hydrogens is 293 g/mol. The number of nitrogens with zero attached hydrogens (tertiary/aromatic N) is 1. The summed E-state index contributed by atoms with van der Waals surface area (Å²) in [5, 5.41) is 9.21. The highest BCUT2D eigenvalue weighted by Gasteiger charge is 2.61. The third-order valence-electron chi connectivity index (χ3n) is 2.97. The standard InChI is InChI=1S/C10H12F5NO4/c1-8(19,10(13,14)15)7(18)16-4-9(11,12)3-5(16)6(17)20-2/h5,19H,3-4H2,1-2H3/t5-,8+/m0/s1. The summed E-state index contributed by atoms with van der Waals surface area (Å²) in [7, 11) is 0.851. The number of likely N-dealkylation sites (tertiary alicyclic amines) is 1. The van der Waals surface area contributed by atoms with Gasteiger partial charge in [0.2, 0.25) is 5.60 Å². The number of hydrogen-bond acceptors (Lipinski definition) is 4. The van der Waals surface area contributed by atoms with Crippen molar-refractivity contribution in [1.82, 2.24) is 4.90 Å². The van der Waals surface area contributed by atoms with Crippen molar-refractivity contribution in [2.45, 2.75) is 37.1 Å². The summed E-state index contributed by atoms with van der Waals surface area (Å²) in [6.07, 6.45) is -6.51. The van der Waals surface area contributed by atoms with Gasteiger partial charge in [0.15, 0.2) is 0 Å². The number of esters is 1. The number of carbonyl (C=O) groups is 2. The molecule has 0 aromatic rings. The van der Waals surface area contributed by atoms with E-state index in [1.54, 1.807) is 0 Å². The maximum absolute atomic E-state index is 13.2. The lowest BCUT2D eigenvalue weighted by molar-refractivity contribution is -0.251. The monoisotopic (exact) mass is 305 g/mol. The number of amides is 1. The van der Waals surface area contributed by atoms with Crippen molar-refractivity contribution >= 4 is 11.9 Å². The molecule has 0 aliphatic carbocycles. The fourth-order valence-electron chi connectivity index (χ4n) is 1.78. The van der Waals surface area contributed by atoms with E-state index in [0.29, 0.717) is 0 Å². The number of ether oxygens (including phenoxy) is 1. The molecule has 2 atom stereocenters. The molecule has 1 aliphatic rings. The van der Waals surface area contributed by atoms with Crippen LogP contribution in [-0.2, 0) is 14.3 Å². The Morgan fingerprint density at radius 1 is 1.35 bits per heavy atom. The van der Waals surface area contributed by atoms with Crippen LogP contribution < -0.4 is 0 Å². The van der Waals surface area contributed by atoms with Crippen LogP contribution in [0.5, 0.6) is 0 Å². The summed E-state index contributed by atoms with van der Waals surface area (Å²) in [5.41, 5.74) is -3.86. The van der Waals surface area contributed by atoms with Crippen molar-refractivity contribution in [2.24, 2.45) is 0 Å². The van der Waals surface area contributed by atoms with Crippen molar-refractivity contribution in [3.63, 3.8) is 0 Å². The van der Waals surface area contributed by atoms with Crippen LogP contribution in [0.4, 0.5) is 22.0 Å². The van der Waals surface area contributed by atoms with Crippen LogP contribution in [0.3, 0.4) is 0 Å². The molecule has 10 heteroatoms. The van der Waals surface area contributed by atoms with Gasteiger partial charge in [0.25, 0.3) is 11.8 Å². The first-order chi connectivity index (χ1) is 8.83. The summed E-state index contributed by atoms with van der Waals surface area (Å²) in [6, 6.07) is -1.86. The summed E-state index contributed by atoms with van der Waals surface area (Å²) in [4.78, 5) is 22.9. The molecule has 1 saturated heterocycles. The molecule has 0 bridgehead atoms. The van der Waals surface area contributed by atoms with Gasteiger partial charge in [-0.2, -0.15) is 13.2 Å². The van der Waals surface area contributed by atoms with Crippen molar-refractivity contribution < 1.29 is 41.4 Å². The fraction of sp³-hybridized carbons (Fsp3) is 0.800. The minimum Gasteiger partial charge on any atom is -0.467 e. The first-order valence-electron chi connectivity index (χ1n) is 5.39. The number of carbonyl (C=O) groups excluding carboxylic acids is 2. The summed E-state index contributed by atoms with van der Waals surface area (Å²) in [5.74, 6) is -6.82. The van der Waals surface area contributed by atoms with E-state index in [1.807, 2.05) is 0 Å². The van der Waals surface area contributed by atoms with E-state index in [-0.39, 0.29) is 11.8 Å². The Morgan fingerprint density at radius 2 is 1.85 bits per heavy atom. The topological polar surface area (TPSA) is 66.8 Å². The molecule has 0 saturated carbocycles. The van der Waals surface area contributed by atoms with Crippen LogP contribution in [-0.4, -0.2) is 59.3 Å². The highest BCUT2D eigenvalue weighted by atomic mass is 19.4. The third kappa shape index (κ3) is 2.84. The molecule has 1 fully saturated rings. The molecule has 1 rings (SSSR count). The second-order valence-corrected chi connectivity index (χ2v) is 4.60. The normalized spacial score (nSPS) is 25.2. The average molecular weight is 305 g/mol. The molecule has 20 heavy (non-hydrogen) atoms. The smallest absolute Gasteiger partial charge is 0.426 e. The minimum atomic E-state index is -5.36. The zero-order chi connectivity index (χ0) is 15.9. The largest absolute Gasteiger partial charge is 0.467 e. The third-order valence-corrected chi connectivity index (χ3v) is 2.97. The van der Waals surface area contributed by atoms with Crippen LogP contribution in [0.25, 0.3) is 0 Å². The maximum Gasteiger partial charge on any atom is 0.426 e. The lowest BCUT2D eigenvalue weighted by Crippen LogP contribution is -2.58. The predicted molar refractivity (Wildman–Crippen MR) is 53.8 cm³/mol. The molecule has 0 aromatic carbocycles. The van der Waals surface area contributed by atoms with Crippen molar-refractivity contribution in [3.05, 3.63) is 0 Å². The van der Waals surface area contributed by atoms with Gasteiger partial charge in [-0.15, -0.1) is 0 Å². The zero-order valence-electron chi connectivity index (χ0n) is 10.5. The van der Waals surface area contributed by atoms with Crippen LogP contribution in [0, 0.1) is 0 Å². The Balaban J connectivity index is 3.10. The van der Waals surface area contributed by atoms with Gasteiger partial charge in [-0.1, -0.05) is 0 Å². The van der Waals surface area contributed by atoms with E-state index in [0.717, 1.165) is 7.11 Å². The molecule has 1 heterocycles. The minimum absolute atomic E-state index is 0.000671. The van der Waals surface area contributed by atoms with Gasteiger partial charge < -0.3 is 14.7 Å². The van der Waals surface area contributed by atoms with Crippen molar-refractivity contribution in [1.29, 1.82) is 0 Å². The first-order valence-corrected chi connectivity index (χ1v) is 5.39. The fourth-order valence-corrected chi connectivity index (χ4v) is 1.78. The van der Waals surface area contributed by atoms with E-state index >= 15 is 0 Å². The summed E-state index contributed by atoms with van der Waals surface area (Å²) in [6.45, 7) is -1.25. The second kappa shape index (κ2) is 4.83. The lowest BCUT2D eigenvalue weighted by Gasteiger charge is -2.31. The van der Waals surface area contributed by atoms with E-state index < -0.39 is 48.6 Å². The first kappa shape index (κ1) is 16.6. The van der Waals surface area contributed by atoms with Gasteiger partial charge in [0.05, 0.1) is 13.7 Å². The Labute approximate surface area is 110 Å². The molecule has 0 radical (unpaired) electrons. The molecule has 1 N–H and O–H groups in total. The Bertz CT molecular complexity index is 420. The van der Waals surface area contributed by atoms with Gasteiger partial charge in [0.1, 0.15) is 6.04 Å². The van der Waals surface area contributed by atoms with Crippen LogP contribution in [0.1, 0.15) is 13.3 Å². The van der Waals surface area contributed by atoms with E-state index in [2.05, 4.69) is 4.74 Å². The van der Waals surface area contributed by atoms with Crippen molar-refractivity contribution in [2.75, 3.05) is 13.7 Å². The summed E-state index contributed by atoms with van der Waals surface area (Å²) < 4.78 is 68.2. The average Bonchev–Trinajstić information content (AvgIpc) is 2.61. The van der Waals surface area contributed by atoms with Crippen LogP contribution >= 0.6 is 0 Å². The number of halogens is 5. The number of aliphatic hydroxyl groups is 1. The van der Waals surface area contributed by atoms with E-state index in [4.69, 9.17) is 0 Å². The molecule has 5 nitrogen and oxygen atoms in total. The van der Waals surface area contributed by atoms with Crippen LogP contribution in [0.15, 0.2) is 0 Å². The predicted octanol–water partition coefficient (Wildman–Crippen LogP) is 0.709. The van der Waals surface area contributed by atoms with E-state index in [1.165, 1.54) is 0 Å². The number of hydrogen-bond donors (Lipinski definition) is 1. The molecule has 1 aliphatic heterocycles. The molecule has 0 aromatic heterocycles. The Kier molecular flexibility index (Phi) is 4.01. The van der Waals surface area contributed by atoms with Gasteiger partial charge in [-0.05, 0) is 6.92 Å². The molecule has 1 amide bonds. The quantitative estimate of drug-likeness (QED) is 0.603. The van der Waals surface area contributed by atoms with Gasteiger partial charge in [-0.25, -0.2) is 13.6 Å². The number of methoxy groups -OCH3 is 1. The van der Waals surface area contributed by atoms with Crippen molar-refractivity contribution in [3.8, 4) is 0 Å². The van der Waals surface area contributed by atoms with Crippen LogP contribution in [0.2, 0.25) is 0 Å². The Morgan fingerprint density at radius 3 is 2.25 bits per heavy atom. The second-order valence-electron chi connectivity index (χ2n) is 4.60. The summed E-state index contributed by atoms with van der Waals surface area (Å²) >= 11 is 0. The number of rotatable bonds is 2. The van der Waals surface area contributed by atoms with Gasteiger partial charge in [-0.3, -0.25) is 4.79 Å². The Hall–Kier alpha value is -1.45. The molecular formula is C10H12F5NO4. The molecule has 0 unspecified atom stereocenters. The van der Waals surface area contributed by atoms with Gasteiger partial charge >= 0.3 is 12.1 Å².